The second kappa shape index (κ2) is 6.05. The van der Waals surface area contributed by atoms with Gasteiger partial charge in [-0.3, -0.25) is 4.98 Å². The molecule has 1 fully saturated rings. The third-order valence-electron chi connectivity index (χ3n) is 4.81. The van der Waals surface area contributed by atoms with Crippen LogP contribution in [0.5, 0.6) is 0 Å². The highest BCUT2D eigenvalue weighted by Crippen LogP contribution is 2.38. The Bertz CT molecular complexity index is 660. The van der Waals surface area contributed by atoms with Gasteiger partial charge in [0.05, 0.1) is 23.0 Å². The van der Waals surface area contributed by atoms with Crippen molar-refractivity contribution in [3.05, 3.63) is 22.8 Å². The van der Waals surface area contributed by atoms with E-state index in [9.17, 15) is 0 Å². The zero-order valence-corrected chi connectivity index (χ0v) is 14.0. The van der Waals surface area contributed by atoms with Crippen LogP contribution in [-0.4, -0.2) is 47.0 Å². The first-order valence-corrected chi connectivity index (χ1v) is 8.93. The Morgan fingerprint density at radius 2 is 2.35 bits per heavy atom. The molecule has 0 spiro atoms. The van der Waals surface area contributed by atoms with Crippen molar-refractivity contribution in [2.75, 3.05) is 13.2 Å². The van der Waals surface area contributed by atoms with Crippen LogP contribution in [0.1, 0.15) is 31.1 Å². The van der Waals surface area contributed by atoms with Crippen LogP contribution in [0.2, 0.25) is 0 Å². The molecule has 6 nitrogen and oxygen atoms in total. The number of aromatic nitrogens is 1. The maximum absolute atomic E-state index is 5.93. The Hall–Kier alpha value is -1.73. The Morgan fingerprint density at radius 1 is 1.43 bits per heavy atom. The fraction of sp³-hybridized carbons (Fsp3) is 0.562. The molecule has 3 aliphatic rings. The van der Waals surface area contributed by atoms with Crippen LogP contribution in [-0.2, 0) is 4.74 Å². The number of fused-ring (bicyclic) bond motifs is 1. The van der Waals surface area contributed by atoms with Gasteiger partial charge in [0.15, 0.2) is 0 Å². The largest absolute Gasteiger partial charge is 0.379 e. The smallest absolute Gasteiger partial charge is 0.217 e. The zero-order chi connectivity index (χ0) is 15.8. The number of ether oxygens (including phenoxy) is 1. The van der Waals surface area contributed by atoms with Crippen LogP contribution in [0.25, 0.3) is 5.57 Å². The summed E-state index contributed by atoms with van der Waals surface area (Å²) in [6.07, 6.45) is 7.39. The first-order valence-electron chi connectivity index (χ1n) is 8.05. The number of thiazole rings is 1. The lowest BCUT2D eigenvalue weighted by Crippen LogP contribution is -2.51. The van der Waals surface area contributed by atoms with E-state index >= 15 is 0 Å². The van der Waals surface area contributed by atoms with Crippen LogP contribution in [0.4, 0.5) is 0 Å². The van der Waals surface area contributed by atoms with E-state index in [1.807, 2.05) is 11.7 Å². The van der Waals surface area contributed by atoms with E-state index in [4.69, 9.17) is 10.5 Å². The van der Waals surface area contributed by atoms with Crippen LogP contribution in [0, 0.1) is 5.92 Å². The first-order chi connectivity index (χ1) is 11.2. The summed E-state index contributed by atoms with van der Waals surface area (Å²) in [6.45, 7) is 3.67. The number of hydrogen-bond acceptors (Lipinski definition) is 7. The van der Waals surface area contributed by atoms with Gasteiger partial charge in [-0.15, -0.1) is 11.3 Å². The van der Waals surface area contributed by atoms with Crippen molar-refractivity contribution >= 4 is 28.6 Å². The first kappa shape index (κ1) is 14.8. The normalized spacial score (nSPS) is 31.1. The quantitative estimate of drug-likeness (QED) is 0.900. The van der Waals surface area contributed by atoms with E-state index in [0.29, 0.717) is 12.0 Å². The second-order valence-corrected chi connectivity index (χ2v) is 7.19. The molecule has 0 aromatic carbocycles. The number of hydrogen-bond donors (Lipinski definition) is 1. The molecule has 0 radical (unpaired) electrons. The SMILES string of the molecule is CC1=NC(N)=NC2C1CC(c1cncs1)=CN2[C@@H]1CCCOC1. The van der Waals surface area contributed by atoms with Gasteiger partial charge in [0, 0.05) is 30.6 Å². The molecule has 3 atom stereocenters. The van der Waals surface area contributed by atoms with Gasteiger partial charge in [-0.2, -0.15) is 0 Å². The average molecular weight is 331 g/mol. The Morgan fingerprint density at radius 3 is 3.09 bits per heavy atom. The average Bonchev–Trinajstić information content (AvgIpc) is 3.09. The van der Waals surface area contributed by atoms with Gasteiger partial charge in [0.25, 0.3) is 0 Å². The van der Waals surface area contributed by atoms with Crippen LogP contribution < -0.4 is 5.73 Å². The van der Waals surface area contributed by atoms with Crippen molar-refractivity contribution in [1.82, 2.24) is 9.88 Å². The van der Waals surface area contributed by atoms with Crippen molar-refractivity contribution < 1.29 is 4.74 Å². The fourth-order valence-corrected chi connectivity index (χ4v) is 4.27. The van der Waals surface area contributed by atoms with Crippen LogP contribution >= 0.6 is 11.3 Å². The highest BCUT2D eigenvalue weighted by atomic mass is 32.1. The van der Waals surface area contributed by atoms with E-state index in [-0.39, 0.29) is 12.1 Å². The molecule has 2 N–H and O–H groups in total. The summed E-state index contributed by atoms with van der Waals surface area (Å²) in [6, 6.07) is 0.349. The number of allylic oxidation sites excluding steroid dienone is 1. The van der Waals surface area contributed by atoms with E-state index in [1.54, 1.807) is 11.3 Å². The monoisotopic (exact) mass is 331 g/mol. The molecular formula is C16H21N5OS. The van der Waals surface area contributed by atoms with Gasteiger partial charge in [-0.05, 0) is 31.8 Å². The summed E-state index contributed by atoms with van der Waals surface area (Å²) in [5, 5.41) is 0. The van der Waals surface area contributed by atoms with Crippen LogP contribution in [0.15, 0.2) is 27.9 Å². The summed E-state index contributed by atoms with van der Waals surface area (Å²) in [5.41, 5.74) is 10.2. The molecule has 1 aromatic heterocycles. The standard InChI is InChI=1S/C16H21N5OS/c1-10-13-5-11(14-6-18-9-23-14)7-21(12-3-2-4-22-8-12)15(13)20-16(17)19-10/h6-7,9,12-13,15H,2-5,8H2,1H3,(H2,17,20)/t12-,13?,15?/m1/s1. The topological polar surface area (TPSA) is 76.1 Å². The molecule has 0 aliphatic carbocycles. The van der Waals surface area contributed by atoms with Gasteiger partial charge in [-0.1, -0.05) is 0 Å². The predicted molar refractivity (Wildman–Crippen MR) is 92.4 cm³/mol. The lowest BCUT2D eigenvalue weighted by atomic mass is 9.86. The van der Waals surface area contributed by atoms with Crippen molar-refractivity contribution in [2.24, 2.45) is 21.6 Å². The van der Waals surface area contributed by atoms with E-state index in [2.05, 4.69) is 33.0 Å². The third kappa shape index (κ3) is 2.79. The lowest BCUT2D eigenvalue weighted by Gasteiger charge is -2.45. The number of aliphatic imine (C=N–C) groups is 2. The number of guanidine groups is 1. The number of rotatable bonds is 2. The molecule has 0 amide bonds. The van der Waals surface area contributed by atoms with Crippen molar-refractivity contribution in [3.8, 4) is 0 Å². The van der Waals surface area contributed by atoms with Crippen LogP contribution in [0.3, 0.4) is 0 Å². The minimum atomic E-state index is 0.0378. The molecule has 0 saturated carbocycles. The minimum absolute atomic E-state index is 0.0378. The fourth-order valence-electron chi connectivity index (χ4n) is 3.63. The molecule has 1 saturated heterocycles. The molecule has 4 heterocycles. The molecule has 1 aromatic rings. The van der Waals surface area contributed by atoms with Crippen molar-refractivity contribution in [2.45, 2.75) is 38.4 Å². The highest BCUT2D eigenvalue weighted by Gasteiger charge is 2.39. The summed E-state index contributed by atoms with van der Waals surface area (Å²) in [7, 11) is 0. The Balaban J connectivity index is 1.72. The molecule has 23 heavy (non-hydrogen) atoms. The minimum Gasteiger partial charge on any atom is -0.379 e. The molecular weight excluding hydrogens is 310 g/mol. The van der Waals surface area contributed by atoms with E-state index in [1.165, 1.54) is 10.5 Å². The summed E-state index contributed by atoms with van der Waals surface area (Å²) in [4.78, 5) is 16.9. The van der Waals surface area contributed by atoms with E-state index in [0.717, 1.165) is 38.2 Å². The van der Waals surface area contributed by atoms with Gasteiger partial charge in [0.1, 0.15) is 6.17 Å². The van der Waals surface area contributed by atoms with Gasteiger partial charge >= 0.3 is 0 Å². The molecule has 3 aliphatic heterocycles. The summed E-state index contributed by atoms with van der Waals surface area (Å²) >= 11 is 1.68. The molecule has 122 valence electrons. The summed E-state index contributed by atoms with van der Waals surface area (Å²) < 4.78 is 5.70. The summed E-state index contributed by atoms with van der Waals surface area (Å²) in [5.74, 6) is 0.659. The molecule has 0 bridgehead atoms. The second-order valence-electron chi connectivity index (χ2n) is 6.30. The maximum atomic E-state index is 5.93. The number of nitrogens with zero attached hydrogens (tertiary/aromatic N) is 4. The molecule has 7 heteroatoms. The van der Waals surface area contributed by atoms with Gasteiger partial charge in [-0.25, -0.2) is 9.98 Å². The maximum Gasteiger partial charge on any atom is 0.217 e. The lowest BCUT2D eigenvalue weighted by molar-refractivity contribution is 0.0154. The van der Waals surface area contributed by atoms with Crippen molar-refractivity contribution in [3.63, 3.8) is 0 Å². The van der Waals surface area contributed by atoms with E-state index < -0.39 is 0 Å². The zero-order valence-electron chi connectivity index (χ0n) is 13.2. The van der Waals surface area contributed by atoms with Crippen molar-refractivity contribution in [1.29, 1.82) is 0 Å². The molecule has 2 unspecified atom stereocenters. The van der Waals surface area contributed by atoms with Gasteiger partial charge in [0.2, 0.25) is 5.96 Å². The molecule has 4 rings (SSSR count). The van der Waals surface area contributed by atoms with Gasteiger partial charge < -0.3 is 15.4 Å². The number of nitrogens with two attached hydrogens (primary N) is 1. The Labute approximate surface area is 139 Å². The highest BCUT2D eigenvalue weighted by molar-refractivity contribution is 7.10. The predicted octanol–water partition coefficient (Wildman–Crippen LogP) is 2.10. The third-order valence-corrected chi connectivity index (χ3v) is 5.66. The Kier molecular flexibility index (Phi) is 3.90.